The fraction of sp³-hybridized carbons (Fsp3) is 0.0714. The van der Waals surface area contributed by atoms with Gasteiger partial charge in [-0.2, -0.15) is 0 Å². The van der Waals surface area contributed by atoms with Crippen LogP contribution >= 0.6 is 15.9 Å². The van der Waals surface area contributed by atoms with Crippen molar-refractivity contribution in [3.05, 3.63) is 46.4 Å². The van der Waals surface area contributed by atoms with Crippen LogP contribution in [0.4, 0.5) is 0 Å². The van der Waals surface area contributed by atoms with Gasteiger partial charge in [-0.3, -0.25) is 0 Å². The summed E-state index contributed by atoms with van der Waals surface area (Å²) in [6, 6.07) is 11.2. The summed E-state index contributed by atoms with van der Waals surface area (Å²) < 4.78 is 1.06. The standard InChI is InChI=1S/C14H11BrN2O/c1-8-2-3-9(6-11(8)15)14-16-12-5-4-10(18)7-13(12)17-14/h2-7,18H,1H3,(H,16,17). The number of fused-ring (bicyclic) bond motifs is 1. The number of phenolic OH excluding ortho intramolecular Hbond substituents is 1. The highest BCUT2D eigenvalue weighted by Crippen LogP contribution is 2.26. The van der Waals surface area contributed by atoms with Crippen LogP contribution in [0.2, 0.25) is 0 Å². The third kappa shape index (κ3) is 1.88. The SMILES string of the molecule is Cc1ccc(-c2nc3ccc(O)cc3[nH]2)cc1Br. The highest BCUT2D eigenvalue weighted by molar-refractivity contribution is 9.10. The number of nitrogens with one attached hydrogen (secondary N) is 1. The first-order chi connectivity index (χ1) is 8.63. The molecule has 1 aromatic heterocycles. The average Bonchev–Trinajstić information content (AvgIpc) is 2.75. The summed E-state index contributed by atoms with van der Waals surface area (Å²) in [6.07, 6.45) is 0. The zero-order valence-corrected chi connectivity index (χ0v) is 11.3. The molecule has 3 nitrogen and oxygen atoms in total. The molecule has 3 aromatic rings. The van der Waals surface area contributed by atoms with E-state index >= 15 is 0 Å². The minimum atomic E-state index is 0.239. The van der Waals surface area contributed by atoms with Gasteiger partial charge in [0.1, 0.15) is 11.6 Å². The maximum atomic E-state index is 9.44. The summed E-state index contributed by atoms with van der Waals surface area (Å²) in [7, 11) is 0. The molecule has 90 valence electrons. The molecule has 4 heteroatoms. The van der Waals surface area contributed by atoms with Crippen molar-refractivity contribution in [2.45, 2.75) is 6.92 Å². The molecule has 2 N–H and O–H groups in total. The van der Waals surface area contributed by atoms with Gasteiger partial charge >= 0.3 is 0 Å². The fourth-order valence-electron chi connectivity index (χ4n) is 1.87. The maximum Gasteiger partial charge on any atom is 0.138 e. The molecule has 0 radical (unpaired) electrons. The van der Waals surface area contributed by atoms with Gasteiger partial charge in [-0.15, -0.1) is 0 Å². The van der Waals surface area contributed by atoms with Gasteiger partial charge in [0.05, 0.1) is 11.0 Å². The first kappa shape index (κ1) is 11.3. The Balaban J connectivity index is 2.16. The van der Waals surface area contributed by atoms with Crippen LogP contribution in [-0.2, 0) is 0 Å². The topological polar surface area (TPSA) is 48.9 Å². The summed E-state index contributed by atoms with van der Waals surface area (Å²) in [4.78, 5) is 7.71. The number of H-pyrrole nitrogens is 1. The Hall–Kier alpha value is -1.81. The number of phenols is 1. The zero-order chi connectivity index (χ0) is 12.7. The minimum absolute atomic E-state index is 0.239. The second-order valence-corrected chi connectivity index (χ2v) is 5.11. The van der Waals surface area contributed by atoms with Gasteiger partial charge in [0, 0.05) is 16.1 Å². The molecule has 0 fully saturated rings. The maximum absolute atomic E-state index is 9.44. The van der Waals surface area contributed by atoms with Gasteiger partial charge in [0.25, 0.3) is 0 Å². The van der Waals surface area contributed by atoms with Crippen LogP contribution in [0.15, 0.2) is 40.9 Å². The molecule has 0 aliphatic carbocycles. The lowest BCUT2D eigenvalue weighted by Gasteiger charge is -2.00. The molecular formula is C14H11BrN2O. The van der Waals surface area contributed by atoms with Gasteiger partial charge < -0.3 is 10.1 Å². The quantitative estimate of drug-likeness (QED) is 0.713. The molecule has 18 heavy (non-hydrogen) atoms. The molecule has 0 saturated carbocycles. The summed E-state index contributed by atoms with van der Waals surface area (Å²) >= 11 is 3.52. The van der Waals surface area contributed by atoms with Gasteiger partial charge in [-0.1, -0.05) is 28.1 Å². The minimum Gasteiger partial charge on any atom is -0.508 e. The molecule has 0 spiro atoms. The van der Waals surface area contributed by atoms with Crippen molar-refractivity contribution in [1.29, 1.82) is 0 Å². The first-order valence-electron chi connectivity index (χ1n) is 5.59. The monoisotopic (exact) mass is 302 g/mol. The Morgan fingerprint density at radius 2 is 2.00 bits per heavy atom. The van der Waals surface area contributed by atoms with Crippen LogP contribution in [0.3, 0.4) is 0 Å². The molecule has 2 aromatic carbocycles. The van der Waals surface area contributed by atoms with E-state index in [9.17, 15) is 5.11 Å². The largest absolute Gasteiger partial charge is 0.508 e. The second-order valence-electron chi connectivity index (χ2n) is 4.25. The van der Waals surface area contributed by atoms with E-state index in [4.69, 9.17) is 0 Å². The molecule has 0 saturated heterocycles. The Morgan fingerprint density at radius 1 is 1.17 bits per heavy atom. The number of aryl methyl sites for hydroxylation is 1. The third-order valence-corrected chi connectivity index (χ3v) is 3.77. The highest BCUT2D eigenvalue weighted by atomic mass is 79.9. The van der Waals surface area contributed by atoms with Gasteiger partial charge in [0.15, 0.2) is 0 Å². The van der Waals surface area contributed by atoms with Crippen molar-refractivity contribution in [2.75, 3.05) is 0 Å². The molecule has 1 heterocycles. The summed E-state index contributed by atoms with van der Waals surface area (Å²) in [5.41, 5.74) is 3.89. The number of aromatic amines is 1. The van der Waals surface area contributed by atoms with E-state index in [0.717, 1.165) is 26.9 Å². The number of hydrogen-bond donors (Lipinski definition) is 2. The van der Waals surface area contributed by atoms with E-state index in [2.05, 4.69) is 25.9 Å². The van der Waals surface area contributed by atoms with Crippen molar-refractivity contribution in [1.82, 2.24) is 9.97 Å². The zero-order valence-electron chi connectivity index (χ0n) is 9.74. The number of hydrogen-bond acceptors (Lipinski definition) is 2. The number of halogens is 1. The van der Waals surface area contributed by atoms with Crippen molar-refractivity contribution >= 4 is 27.0 Å². The molecule has 0 aliphatic rings. The number of nitrogens with zero attached hydrogens (tertiary/aromatic N) is 1. The van der Waals surface area contributed by atoms with E-state index in [0.29, 0.717) is 0 Å². The van der Waals surface area contributed by atoms with E-state index < -0.39 is 0 Å². The molecule has 0 atom stereocenters. The first-order valence-corrected chi connectivity index (χ1v) is 6.38. The number of aromatic nitrogens is 2. The van der Waals surface area contributed by atoms with Crippen molar-refractivity contribution < 1.29 is 5.11 Å². The second kappa shape index (κ2) is 4.14. The van der Waals surface area contributed by atoms with Crippen molar-refractivity contribution in [3.8, 4) is 17.1 Å². The number of rotatable bonds is 1. The normalized spacial score (nSPS) is 11.0. The Morgan fingerprint density at radius 3 is 2.78 bits per heavy atom. The third-order valence-electron chi connectivity index (χ3n) is 2.91. The van der Waals surface area contributed by atoms with Crippen LogP contribution in [-0.4, -0.2) is 15.1 Å². The van der Waals surface area contributed by atoms with Gasteiger partial charge in [-0.05, 0) is 30.7 Å². The number of aromatic hydroxyl groups is 1. The van der Waals surface area contributed by atoms with Crippen molar-refractivity contribution in [3.63, 3.8) is 0 Å². The van der Waals surface area contributed by atoms with Crippen LogP contribution in [0.25, 0.3) is 22.4 Å². The van der Waals surface area contributed by atoms with E-state index in [1.807, 2.05) is 25.1 Å². The van der Waals surface area contributed by atoms with Crippen LogP contribution in [0, 0.1) is 6.92 Å². The Kier molecular flexibility index (Phi) is 2.59. The van der Waals surface area contributed by atoms with Crippen LogP contribution in [0.1, 0.15) is 5.56 Å². The number of benzene rings is 2. The van der Waals surface area contributed by atoms with E-state index in [1.165, 1.54) is 5.56 Å². The summed E-state index contributed by atoms with van der Waals surface area (Å²) in [6.45, 7) is 2.05. The molecule has 0 unspecified atom stereocenters. The fourth-order valence-corrected chi connectivity index (χ4v) is 2.25. The smallest absolute Gasteiger partial charge is 0.138 e. The number of imidazole rings is 1. The van der Waals surface area contributed by atoms with E-state index in [1.54, 1.807) is 18.2 Å². The predicted octanol–water partition coefficient (Wildman–Crippen LogP) is 4.01. The lowest BCUT2D eigenvalue weighted by Crippen LogP contribution is -1.82. The summed E-state index contributed by atoms with van der Waals surface area (Å²) in [5, 5.41) is 9.44. The molecule has 0 amide bonds. The average molecular weight is 303 g/mol. The molecule has 0 aliphatic heterocycles. The van der Waals surface area contributed by atoms with Crippen molar-refractivity contribution in [2.24, 2.45) is 0 Å². The van der Waals surface area contributed by atoms with Crippen LogP contribution in [0.5, 0.6) is 5.75 Å². The van der Waals surface area contributed by atoms with Gasteiger partial charge in [0.2, 0.25) is 0 Å². The van der Waals surface area contributed by atoms with E-state index in [-0.39, 0.29) is 5.75 Å². The highest BCUT2D eigenvalue weighted by Gasteiger charge is 2.07. The molecular weight excluding hydrogens is 292 g/mol. The predicted molar refractivity (Wildman–Crippen MR) is 75.6 cm³/mol. The Bertz CT molecular complexity index is 734. The Labute approximate surface area is 113 Å². The molecule has 3 rings (SSSR count). The molecule has 0 bridgehead atoms. The lowest BCUT2D eigenvalue weighted by atomic mass is 10.1. The lowest BCUT2D eigenvalue weighted by molar-refractivity contribution is 0.476. The summed E-state index contributed by atoms with van der Waals surface area (Å²) in [5.74, 6) is 1.04. The van der Waals surface area contributed by atoms with Gasteiger partial charge in [-0.25, -0.2) is 4.98 Å². The van der Waals surface area contributed by atoms with Crippen LogP contribution < -0.4 is 0 Å².